The Morgan fingerprint density at radius 1 is 1.36 bits per heavy atom. The molecule has 0 unspecified atom stereocenters. The first-order chi connectivity index (χ1) is 5.34. The zero-order chi connectivity index (χ0) is 8.10. The van der Waals surface area contributed by atoms with Crippen molar-refractivity contribution in [3.8, 4) is 0 Å². The SMILES string of the molecule is Fc1ccccc1NCCS. The molecule has 0 bridgehead atoms. The molecular formula is C8H10FNS. The summed E-state index contributed by atoms with van der Waals surface area (Å²) in [5, 5.41) is 2.91. The summed E-state index contributed by atoms with van der Waals surface area (Å²) in [6, 6.07) is 6.60. The van der Waals surface area contributed by atoms with Crippen LogP contribution in [-0.2, 0) is 0 Å². The highest BCUT2D eigenvalue weighted by molar-refractivity contribution is 7.80. The lowest BCUT2D eigenvalue weighted by Gasteiger charge is -2.03. The van der Waals surface area contributed by atoms with Gasteiger partial charge < -0.3 is 5.32 Å². The van der Waals surface area contributed by atoms with Crippen molar-refractivity contribution in [2.75, 3.05) is 17.6 Å². The number of hydrogen-bond donors (Lipinski definition) is 2. The van der Waals surface area contributed by atoms with Gasteiger partial charge in [-0.3, -0.25) is 0 Å². The van der Waals surface area contributed by atoms with E-state index in [1.54, 1.807) is 18.2 Å². The maximum atomic E-state index is 12.8. The molecule has 0 aromatic heterocycles. The van der Waals surface area contributed by atoms with E-state index in [1.807, 2.05) is 0 Å². The van der Waals surface area contributed by atoms with Crippen LogP contribution in [0.25, 0.3) is 0 Å². The normalized spacial score (nSPS) is 9.64. The maximum Gasteiger partial charge on any atom is 0.146 e. The quantitative estimate of drug-likeness (QED) is 0.664. The second kappa shape index (κ2) is 4.23. The van der Waals surface area contributed by atoms with Crippen molar-refractivity contribution < 1.29 is 4.39 Å². The number of thiol groups is 1. The van der Waals surface area contributed by atoms with Crippen molar-refractivity contribution in [2.45, 2.75) is 0 Å². The van der Waals surface area contributed by atoms with Crippen LogP contribution in [0.15, 0.2) is 24.3 Å². The molecule has 1 rings (SSSR count). The van der Waals surface area contributed by atoms with Crippen LogP contribution in [0.1, 0.15) is 0 Å². The molecule has 0 aliphatic heterocycles. The topological polar surface area (TPSA) is 12.0 Å². The Balaban J connectivity index is 2.62. The van der Waals surface area contributed by atoms with E-state index in [2.05, 4.69) is 17.9 Å². The van der Waals surface area contributed by atoms with E-state index >= 15 is 0 Å². The van der Waals surface area contributed by atoms with Crippen LogP contribution >= 0.6 is 12.6 Å². The fraction of sp³-hybridized carbons (Fsp3) is 0.250. The van der Waals surface area contributed by atoms with Gasteiger partial charge in [-0.25, -0.2) is 4.39 Å². The third-order valence-electron chi connectivity index (χ3n) is 1.30. The lowest BCUT2D eigenvalue weighted by Crippen LogP contribution is -2.03. The fourth-order valence-corrected chi connectivity index (χ4v) is 0.907. The number of para-hydroxylation sites is 1. The van der Waals surface area contributed by atoms with Gasteiger partial charge >= 0.3 is 0 Å². The van der Waals surface area contributed by atoms with Crippen LogP contribution in [0.4, 0.5) is 10.1 Å². The predicted molar refractivity (Wildman–Crippen MR) is 48.7 cm³/mol. The fourth-order valence-electron chi connectivity index (χ4n) is 0.795. The summed E-state index contributed by atoms with van der Waals surface area (Å²) in [5.74, 6) is 0.489. The molecule has 1 aromatic rings. The molecule has 0 saturated carbocycles. The van der Waals surface area contributed by atoms with Gasteiger partial charge in [0.15, 0.2) is 0 Å². The largest absolute Gasteiger partial charge is 0.382 e. The summed E-state index contributed by atoms with van der Waals surface area (Å²) in [6.07, 6.45) is 0. The van der Waals surface area contributed by atoms with Gasteiger partial charge in [-0.05, 0) is 12.1 Å². The predicted octanol–water partition coefficient (Wildman–Crippen LogP) is 2.17. The van der Waals surface area contributed by atoms with E-state index in [9.17, 15) is 4.39 Å². The van der Waals surface area contributed by atoms with Crippen molar-refractivity contribution in [3.05, 3.63) is 30.1 Å². The summed E-state index contributed by atoms with van der Waals surface area (Å²) in [7, 11) is 0. The van der Waals surface area contributed by atoms with Crippen LogP contribution in [0.2, 0.25) is 0 Å². The highest BCUT2D eigenvalue weighted by Crippen LogP contribution is 2.11. The van der Waals surface area contributed by atoms with E-state index < -0.39 is 0 Å². The average Bonchev–Trinajstić information content (AvgIpc) is 2.03. The first-order valence-corrected chi connectivity index (χ1v) is 4.07. The Morgan fingerprint density at radius 2 is 2.09 bits per heavy atom. The van der Waals surface area contributed by atoms with E-state index in [-0.39, 0.29) is 5.82 Å². The minimum atomic E-state index is -0.214. The Hall–Kier alpha value is -0.700. The number of nitrogens with one attached hydrogen (secondary N) is 1. The van der Waals surface area contributed by atoms with Crippen molar-refractivity contribution in [1.82, 2.24) is 0 Å². The van der Waals surface area contributed by atoms with Gasteiger partial charge in [0.25, 0.3) is 0 Å². The second-order valence-corrected chi connectivity index (χ2v) is 2.58. The second-order valence-electron chi connectivity index (χ2n) is 2.13. The number of rotatable bonds is 3. The molecule has 1 nitrogen and oxygen atoms in total. The van der Waals surface area contributed by atoms with Crippen molar-refractivity contribution >= 4 is 18.3 Å². The van der Waals surface area contributed by atoms with Crippen LogP contribution < -0.4 is 5.32 Å². The van der Waals surface area contributed by atoms with Gasteiger partial charge in [0.2, 0.25) is 0 Å². The molecule has 0 spiro atoms. The molecule has 0 saturated heterocycles. The number of benzene rings is 1. The van der Waals surface area contributed by atoms with E-state index in [4.69, 9.17) is 0 Å². The third kappa shape index (κ3) is 2.42. The molecule has 0 amide bonds. The molecule has 0 aliphatic carbocycles. The molecule has 11 heavy (non-hydrogen) atoms. The van der Waals surface area contributed by atoms with Gasteiger partial charge in [-0.1, -0.05) is 12.1 Å². The average molecular weight is 171 g/mol. The minimum absolute atomic E-state index is 0.214. The summed E-state index contributed by atoms with van der Waals surface area (Å²) < 4.78 is 12.8. The van der Waals surface area contributed by atoms with Crippen molar-refractivity contribution in [2.24, 2.45) is 0 Å². The van der Waals surface area contributed by atoms with E-state index in [0.717, 1.165) is 0 Å². The summed E-state index contributed by atoms with van der Waals surface area (Å²) in [5.41, 5.74) is 0.543. The van der Waals surface area contributed by atoms with Gasteiger partial charge in [-0.2, -0.15) is 12.6 Å². The highest BCUT2D eigenvalue weighted by Gasteiger charge is 1.96. The van der Waals surface area contributed by atoms with Crippen LogP contribution in [-0.4, -0.2) is 12.3 Å². The molecular weight excluding hydrogens is 161 g/mol. The van der Waals surface area contributed by atoms with Crippen LogP contribution in [0, 0.1) is 5.82 Å². The van der Waals surface area contributed by atoms with Crippen molar-refractivity contribution in [1.29, 1.82) is 0 Å². The molecule has 0 aliphatic rings. The lowest BCUT2D eigenvalue weighted by atomic mass is 10.3. The minimum Gasteiger partial charge on any atom is -0.382 e. The first-order valence-electron chi connectivity index (χ1n) is 3.44. The van der Waals surface area contributed by atoms with Crippen LogP contribution in [0.5, 0.6) is 0 Å². The first kappa shape index (κ1) is 8.40. The molecule has 1 aromatic carbocycles. The summed E-state index contributed by atoms with van der Waals surface area (Å²) in [4.78, 5) is 0. The Labute approximate surface area is 71.0 Å². The zero-order valence-electron chi connectivity index (χ0n) is 6.05. The standard InChI is InChI=1S/C8H10FNS/c9-7-3-1-2-4-8(7)10-5-6-11/h1-4,10-11H,5-6H2. The molecule has 0 atom stereocenters. The van der Waals surface area contributed by atoms with E-state index in [1.165, 1.54) is 6.07 Å². The zero-order valence-corrected chi connectivity index (χ0v) is 6.94. The molecule has 60 valence electrons. The van der Waals surface area contributed by atoms with Gasteiger partial charge in [0.05, 0.1) is 5.69 Å². The molecule has 0 fully saturated rings. The third-order valence-corrected chi connectivity index (χ3v) is 1.52. The smallest absolute Gasteiger partial charge is 0.146 e. The monoisotopic (exact) mass is 171 g/mol. The van der Waals surface area contributed by atoms with Crippen LogP contribution in [0.3, 0.4) is 0 Å². The van der Waals surface area contributed by atoms with Gasteiger partial charge in [-0.15, -0.1) is 0 Å². The Morgan fingerprint density at radius 3 is 2.73 bits per heavy atom. The van der Waals surface area contributed by atoms with Crippen molar-refractivity contribution in [3.63, 3.8) is 0 Å². The summed E-state index contributed by atoms with van der Waals surface area (Å²) >= 11 is 4.00. The number of hydrogen-bond acceptors (Lipinski definition) is 2. The van der Waals surface area contributed by atoms with Gasteiger partial charge in [0, 0.05) is 12.3 Å². The van der Waals surface area contributed by atoms with E-state index in [0.29, 0.717) is 18.0 Å². The van der Waals surface area contributed by atoms with Gasteiger partial charge in [0.1, 0.15) is 5.82 Å². The number of anilines is 1. The molecule has 0 heterocycles. The lowest BCUT2D eigenvalue weighted by molar-refractivity contribution is 0.630. The number of halogens is 1. The Kier molecular flexibility index (Phi) is 3.23. The Bertz CT molecular complexity index is 227. The molecule has 0 radical (unpaired) electrons. The summed E-state index contributed by atoms with van der Waals surface area (Å²) in [6.45, 7) is 0.685. The highest BCUT2D eigenvalue weighted by atomic mass is 32.1. The molecule has 3 heteroatoms. The maximum absolute atomic E-state index is 12.8. The molecule has 1 N–H and O–H groups in total.